The first-order valence-corrected chi connectivity index (χ1v) is 9.65. The highest BCUT2D eigenvalue weighted by molar-refractivity contribution is 7.98. The predicted octanol–water partition coefficient (Wildman–Crippen LogP) is 3.77. The predicted molar refractivity (Wildman–Crippen MR) is 108 cm³/mol. The van der Waals surface area contributed by atoms with E-state index in [1.54, 1.807) is 24.0 Å². The van der Waals surface area contributed by atoms with Crippen LogP contribution in [0.25, 0.3) is 16.6 Å². The third-order valence-electron chi connectivity index (χ3n) is 4.36. The van der Waals surface area contributed by atoms with Gasteiger partial charge in [0.15, 0.2) is 5.16 Å². The van der Waals surface area contributed by atoms with Crippen LogP contribution in [0.15, 0.2) is 58.7 Å². The summed E-state index contributed by atoms with van der Waals surface area (Å²) in [5.74, 6) is 1.18. The molecule has 0 saturated carbocycles. The molecule has 0 atom stereocenters. The van der Waals surface area contributed by atoms with Gasteiger partial charge in [-0.2, -0.15) is 0 Å². The van der Waals surface area contributed by atoms with E-state index >= 15 is 0 Å². The summed E-state index contributed by atoms with van der Waals surface area (Å²) in [6.45, 7) is 1.96. The van der Waals surface area contributed by atoms with Crippen LogP contribution in [0, 0.1) is 6.92 Å². The molecule has 136 valence electrons. The van der Waals surface area contributed by atoms with Crippen LogP contribution in [0.2, 0.25) is 5.02 Å². The van der Waals surface area contributed by atoms with E-state index in [1.807, 2.05) is 47.9 Å². The number of thioether (sulfide) groups is 1. The first kappa shape index (κ1) is 17.8. The minimum absolute atomic E-state index is 0.0528. The quantitative estimate of drug-likeness (QED) is 0.490. The van der Waals surface area contributed by atoms with E-state index in [9.17, 15) is 4.79 Å². The zero-order valence-corrected chi connectivity index (χ0v) is 16.3. The number of hydrogen-bond donors (Lipinski definition) is 0. The van der Waals surface area contributed by atoms with E-state index in [0.29, 0.717) is 32.7 Å². The highest BCUT2D eigenvalue weighted by Crippen LogP contribution is 2.25. The number of para-hydroxylation sites is 1. The lowest BCUT2D eigenvalue weighted by Gasteiger charge is -2.10. The van der Waals surface area contributed by atoms with E-state index < -0.39 is 0 Å². The summed E-state index contributed by atoms with van der Waals surface area (Å²) in [4.78, 5) is 17.2. The second kappa shape index (κ2) is 7.17. The maximum absolute atomic E-state index is 12.5. The van der Waals surface area contributed by atoms with Crippen molar-refractivity contribution in [1.29, 1.82) is 0 Å². The van der Waals surface area contributed by atoms with Gasteiger partial charge in [-0.1, -0.05) is 41.6 Å². The SMILES string of the molecule is Cc1ccc(-n2cnnc2SCc2nc3ccccc3c(=O)n2C)cc1Cl. The van der Waals surface area contributed by atoms with Gasteiger partial charge in [0.25, 0.3) is 5.56 Å². The Balaban J connectivity index is 1.65. The van der Waals surface area contributed by atoms with Gasteiger partial charge in [-0.3, -0.25) is 13.9 Å². The van der Waals surface area contributed by atoms with Gasteiger partial charge in [-0.15, -0.1) is 10.2 Å². The zero-order chi connectivity index (χ0) is 19.0. The fraction of sp³-hybridized carbons (Fsp3) is 0.158. The molecule has 0 radical (unpaired) electrons. The Bertz CT molecular complexity index is 1200. The molecule has 8 heteroatoms. The Morgan fingerprint density at radius 1 is 1.19 bits per heavy atom. The monoisotopic (exact) mass is 397 g/mol. The molecule has 0 unspecified atom stereocenters. The zero-order valence-electron chi connectivity index (χ0n) is 14.8. The topological polar surface area (TPSA) is 65.6 Å². The summed E-state index contributed by atoms with van der Waals surface area (Å²) in [7, 11) is 1.74. The van der Waals surface area contributed by atoms with Crippen molar-refractivity contribution < 1.29 is 0 Å². The molecular formula is C19H16ClN5OS. The molecule has 0 amide bonds. The summed E-state index contributed by atoms with van der Waals surface area (Å²) in [5, 5.41) is 10.2. The molecule has 2 aromatic heterocycles. The molecule has 0 aliphatic rings. The van der Waals surface area contributed by atoms with E-state index in [-0.39, 0.29) is 5.56 Å². The van der Waals surface area contributed by atoms with Gasteiger partial charge in [0.05, 0.1) is 22.3 Å². The van der Waals surface area contributed by atoms with Crippen molar-refractivity contribution >= 4 is 34.3 Å². The molecule has 2 heterocycles. The van der Waals surface area contributed by atoms with Crippen LogP contribution in [0.3, 0.4) is 0 Å². The fourth-order valence-electron chi connectivity index (χ4n) is 2.75. The number of aromatic nitrogens is 5. The third-order valence-corrected chi connectivity index (χ3v) is 5.70. The summed E-state index contributed by atoms with van der Waals surface area (Å²) >= 11 is 7.71. The van der Waals surface area contributed by atoms with E-state index in [4.69, 9.17) is 11.6 Å². The maximum atomic E-state index is 12.5. The van der Waals surface area contributed by atoms with Gasteiger partial charge in [0.2, 0.25) is 0 Å². The molecule has 0 spiro atoms. The number of nitrogens with zero attached hydrogens (tertiary/aromatic N) is 5. The smallest absolute Gasteiger partial charge is 0.261 e. The summed E-state index contributed by atoms with van der Waals surface area (Å²) < 4.78 is 3.45. The standard InChI is InChI=1S/C19H16ClN5OS/c1-12-7-8-13(9-15(12)20)25-11-21-23-19(25)27-10-17-22-16-6-4-3-5-14(16)18(26)24(17)2/h3-9,11H,10H2,1-2H3. The molecule has 0 aliphatic carbocycles. The van der Waals surface area contributed by atoms with Crippen molar-refractivity contribution in [2.24, 2.45) is 7.05 Å². The molecule has 4 aromatic rings. The van der Waals surface area contributed by atoms with Crippen LogP contribution in [0.4, 0.5) is 0 Å². The molecule has 6 nitrogen and oxygen atoms in total. The molecule has 0 fully saturated rings. The van der Waals surface area contributed by atoms with Gasteiger partial charge in [0, 0.05) is 12.1 Å². The van der Waals surface area contributed by atoms with Crippen LogP contribution in [-0.2, 0) is 12.8 Å². The lowest BCUT2D eigenvalue weighted by atomic mass is 10.2. The van der Waals surface area contributed by atoms with Crippen molar-refractivity contribution in [2.45, 2.75) is 17.8 Å². The molecule has 0 N–H and O–H groups in total. The normalized spacial score (nSPS) is 11.2. The Morgan fingerprint density at radius 2 is 2.00 bits per heavy atom. The Hall–Kier alpha value is -2.64. The van der Waals surface area contributed by atoms with Crippen LogP contribution in [-0.4, -0.2) is 24.3 Å². The summed E-state index contributed by atoms with van der Waals surface area (Å²) in [6, 6.07) is 13.2. The largest absolute Gasteiger partial charge is 0.299 e. The highest BCUT2D eigenvalue weighted by atomic mass is 35.5. The van der Waals surface area contributed by atoms with Crippen molar-refractivity contribution in [3.05, 3.63) is 75.6 Å². The van der Waals surface area contributed by atoms with Crippen molar-refractivity contribution in [2.75, 3.05) is 0 Å². The van der Waals surface area contributed by atoms with Gasteiger partial charge in [0.1, 0.15) is 12.2 Å². The average molecular weight is 398 g/mol. The highest BCUT2D eigenvalue weighted by Gasteiger charge is 2.12. The minimum Gasteiger partial charge on any atom is -0.299 e. The maximum Gasteiger partial charge on any atom is 0.261 e. The number of halogens is 1. The van der Waals surface area contributed by atoms with Crippen molar-refractivity contribution in [3.8, 4) is 5.69 Å². The number of fused-ring (bicyclic) bond motifs is 1. The fourth-order valence-corrected chi connectivity index (χ4v) is 3.84. The molecular weight excluding hydrogens is 382 g/mol. The van der Waals surface area contributed by atoms with Crippen LogP contribution >= 0.6 is 23.4 Å². The Morgan fingerprint density at radius 3 is 2.81 bits per heavy atom. The second-order valence-corrected chi connectivity index (χ2v) is 7.46. The van der Waals surface area contributed by atoms with Crippen LogP contribution < -0.4 is 5.56 Å². The number of aryl methyl sites for hydroxylation is 1. The van der Waals surface area contributed by atoms with Crippen molar-refractivity contribution in [1.82, 2.24) is 24.3 Å². The molecule has 0 saturated heterocycles. The Labute approximate surface area is 164 Å². The first-order chi connectivity index (χ1) is 13.0. The summed E-state index contributed by atoms with van der Waals surface area (Å²) in [5.41, 5.74) is 2.54. The van der Waals surface area contributed by atoms with Crippen LogP contribution in [0.1, 0.15) is 11.4 Å². The van der Waals surface area contributed by atoms with Gasteiger partial charge >= 0.3 is 0 Å². The molecule has 0 bridgehead atoms. The number of rotatable bonds is 4. The minimum atomic E-state index is -0.0528. The van der Waals surface area contributed by atoms with Gasteiger partial charge < -0.3 is 0 Å². The molecule has 27 heavy (non-hydrogen) atoms. The Kier molecular flexibility index (Phi) is 4.72. The van der Waals surface area contributed by atoms with Gasteiger partial charge in [-0.05, 0) is 36.8 Å². The molecule has 4 rings (SSSR count). The van der Waals surface area contributed by atoms with E-state index in [2.05, 4.69) is 15.2 Å². The first-order valence-electron chi connectivity index (χ1n) is 8.28. The van der Waals surface area contributed by atoms with Gasteiger partial charge in [-0.25, -0.2) is 4.98 Å². The van der Waals surface area contributed by atoms with E-state index in [0.717, 1.165) is 11.3 Å². The van der Waals surface area contributed by atoms with Crippen LogP contribution in [0.5, 0.6) is 0 Å². The molecule has 2 aromatic carbocycles. The number of hydrogen-bond acceptors (Lipinski definition) is 5. The third kappa shape index (κ3) is 3.36. The lowest BCUT2D eigenvalue weighted by molar-refractivity contribution is 0.782. The molecule has 0 aliphatic heterocycles. The summed E-state index contributed by atoms with van der Waals surface area (Å²) in [6.07, 6.45) is 1.65. The average Bonchev–Trinajstić information content (AvgIpc) is 3.14. The van der Waals surface area contributed by atoms with Crippen molar-refractivity contribution in [3.63, 3.8) is 0 Å². The van der Waals surface area contributed by atoms with E-state index in [1.165, 1.54) is 11.8 Å². The number of benzene rings is 2. The second-order valence-electron chi connectivity index (χ2n) is 6.12. The lowest BCUT2D eigenvalue weighted by Crippen LogP contribution is -2.21.